The molecule has 0 aromatic heterocycles. The highest BCUT2D eigenvalue weighted by Gasteiger charge is 2.38. The largest absolute Gasteiger partial charge is 0.573 e. The lowest BCUT2D eigenvalue weighted by atomic mass is 9.75. The molecule has 4 rings (SSSR count). The van der Waals surface area contributed by atoms with Gasteiger partial charge in [-0.1, -0.05) is 0 Å². The summed E-state index contributed by atoms with van der Waals surface area (Å²) in [5.41, 5.74) is 0. The van der Waals surface area contributed by atoms with Gasteiger partial charge in [-0.05, 0) is 99.1 Å². The summed E-state index contributed by atoms with van der Waals surface area (Å²) in [5, 5.41) is 3.03. The second-order valence-electron chi connectivity index (χ2n) is 8.09. The lowest BCUT2D eigenvalue weighted by Crippen LogP contribution is -2.42. The van der Waals surface area contributed by atoms with E-state index >= 15 is 0 Å². The van der Waals surface area contributed by atoms with Crippen molar-refractivity contribution in [3.05, 3.63) is 48.5 Å². The van der Waals surface area contributed by atoms with Gasteiger partial charge < -0.3 is 14.8 Å². The zero-order valence-electron chi connectivity index (χ0n) is 16.8. The summed E-state index contributed by atoms with van der Waals surface area (Å²) in [6.07, 6.45) is -1.42. The first-order chi connectivity index (χ1) is 14.7. The van der Waals surface area contributed by atoms with Crippen molar-refractivity contribution in [3.63, 3.8) is 0 Å². The van der Waals surface area contributed by atoms with Crippen LogP contribution in [-0.2, 0) is 9.84 Å². The minimum atomic E-state index is -4.75. The van der Waals surface area contributed by atoms with E-state index in [0.717, 1.165) is 38.1 Å². The van der Waals surface area contributed by atoms with Crippen molar-refractivity contribution >= 4 is 9.84 Å². The maximum absolute atomic E-state index is 13.1. The number of alkyl halides is 3. The van der Waals surface area contributed by atoms with Crippen molar-refractivity contribution in [1.29, 1.82) is 0 Å². The summed E-state index contributed by atoms with van der Waals surface area (Å²) in [6.45, 7) is 1.93. The van der Waals surface area contributed by atoms with Gasteiger partial charge in [-0.3, -0.25) is 0 Å². The quantitative estimate of drug-likeness (QED) is 0.693. The molecule has 1 saturated heterocycles. The molecule has 2 aromatic carbocycles. The van der Waals surface area contributed by atoms with Crippen LogP contribution >= 0.6 is 0 Å². The van der Waals surface area contributed by atoms with Gasteiger partial charge in [-0.25, -0.2) is 8.42 Å². The smallest absolute Gasteiger partial charge is 0.457 e. The molecule has 1 aliphatic heterocycles. The molecule has 0 bridgehead atoms. The van der Waals surface area contributed by atoms with E-state index in [2.05, 4.69) is 10.1 Å². The molecule has 1 heterocycles. The molecule has 2 aromatic rings. The molecule has 0 radical (unpaired) electrons. The first-order valence-electron chi connectivity index (χ1n) is 10.3. The fourth-order valence-corrected chi connectivity index (χ4v) is 6.35. The first-order valence-corrected chi connectivity index (χ1v) is 11.8. The Kier molecular flexibility index (Phi) is 6.16. The first kappa shape index (κ1) is 22.0. The Hall–Kier alpha value is -2.26. The molecule has 0 amide bonds. The van der Waals surface area contributed by atoms with Crippen LogP contribution in [0.3, 0.4) is 0 Å². The maximum atomic E-state index is 13.1. The topological polar surface area (TPSA) is 64.6 Å². The summed E-state index contributed by atoms with van der Waals surface area (Å²) in [4.78, 5) is 0.270. The number of piperidine rings is 1. The van der Waals surface area contributed by atoms with Crippen molar-refractivity contribution in [2.75, 3.05) is 13.1 Å². The average molecular weight is 455 g/mol. The van der Waals surface area contributed by atoms with Gasteiger partial charge in [0.25, 0.3) is 0 Å². The molecular weight excluding hydrogens is 431 g/mol. The molecule has 2 aliphatic rings. The van der Waals surface area contributed by atoms with Gasteiger partial charge in [0.15, 0.2) is 9.84 Å². The number of ether oxygens (including phenoxy) is 2. The van der Waals surface area contributed by atoms with E-state index in [-0.39, 0.29) is 15.9 Å². The van der Waals surface area contributed by atoms with Crippen molar-refractivity contribution in [1.82, 2.24) is 5.32 Å². The minimum Gasteiger partial charge on any atom is -0.457 e. The van der Waals surface area contributed by atoms with Crippen molar-refractivity contribution < 1.29 is 31.1 Å². The number of hydrogen-bond donors (Lipinski definition) is 1. The molecule has 3 atom stereocenters. The third kappa shape index (κ3) is 5.33. The highest BCUT2D eigenvalue weighted by Crippen LogP contribution is 2.39. The summed E-state index contributed by atoms with van der Waals surface area (Å²) >= 11 is 0. The van der Waals surface area contributed by atoms with Crippen LogP contribution in [-0.4, -0.2) is 33.1 Å². The normalized spacial score (nSPS) is 24.3. The van der Waals surface area contributed by atoms with Gasteiger partial charge in [0, 0.05) is 0 Å². The Balaban J connectivity index is 1.40. The molecule has 5 nitrogen and oxygen atoms in total. The third-order valence-electron chi connectivity index (χ3n) is 6.07. The Morgan fingerprint density at radius 1 is 0.839 bits per heavy atom. The van der Waals surface area contributed by atoms with Crippen LogP contribution in [0.15, 0.2) is 53.4 Å². The lowest BCUT2D eigenvalue weighted by Gasteiger charge is -2.39. The number of fused-ring (bicyclic) bond motifs is 1. The van der Waals surface area contributed by atoms with Gasteiger partial charge in [0.2, 0.25) is 0 Å². The van der Waals surface area contributed by atoms with Gasteiger partial charge in [0.05, 0.1) is 10.1 Å². The van der Waals surface area contributed by atoms with Crippen LogP contribution < -0.4 is 14.8 Å². The molecule has 1 N–H and O–H groups in total. The zero-order chi connectivity index (χ0) is 22.1. The number of rotatable bonds is 5. The van der Waals surface area contributed by atoms with Gasteiger partial charge in [0.1, 0.15) is 17.2 Å². The highest BCUT2D eigenvalue weighted by atomic mass is 32.2. The Bertz CT molecular complexity index is 991. The average Bonchev–Trinajstić information content (AvgIpc) is 2.74. The molecule has 2 fully saturated rings. The summed E-state index contributed by atoms with van der Waals surface area (Å²) < 4.78 is 72.4. The van der Waals surface area contributed by atoms with E-state index in [4.69, 9.17) is 4.74 Å². The number of sulfone groups is 1. The Morgan fingerprint density at radius 3 is 2.10 bits per heavy atom. The SMILES string of the molecule is O=S(=O)(c1ccc(Oc2ccc(OC(F)(F)F)cc2)cc1)C1CCC2CNCCC2C1. The molecule has 1 aliphatic carbocycles. The van der Waals surface area contributed by atoms with E-state index in [0.29, 0.717) is 36.2 Å². The fourth-order valence-electron chi connectivity index (χ4n) is 4.50. The second-order valence-corrected chi connectivity index (χ2v) is 10.3. The van der Waals surface area contributed by atoms with Crippen molar-refractivity contribution in [2.45, 2.75) is 42.2 Å². The molecule has 168 valence electrons. The van der Waals surface area contributed by atoms with Crippen LogP contribution in [0.1, 0.15) is 25.7 Å². The van der Waals surface area contributed by atoms with E-state index in [9.17, 15) is 21.6 Å². The van der Waals surface area contributed by atoms with Crippen LogP contribution in [0, 0.1) is 11.8 Å². The van der Waals surface area contributed by atoms with Crippen molar-refractivity contribution in [2.24, 2.45) is 11.8 Å². The second kappa shape index (κ2) is 8.70. The number of nitrogens with one attached hydrogen (secondary N) is 1. The standard InChI is InChI=1S/C22H24F3NO4S/c23-22(24,25)30-19-4-2-17(3-5-19)29-18-6-9-20(10-7-18)31(27,28)21-8-1-16-14-26-12-11-15(16)13-21/h2-7,9-10,15-16,21,26H,1,8,11-14H2. The Morgan fingerprint density at radius 2 is 1.45 bits per heavy atom. The monoisotopic (exact) mass is 455 g/mol. The fraction of sp³-hybridized carbons (Fsp3) is 0.455. The predicted molar refractivity (Wildman–Crippen MR) is 109 cm³/mol. The molecular formula is C22H24F3NO4S. The van der Waals surface area contributed by atoms with E-state index in [1.54, 1.807) is 12.1 Å². The summed E-state index contributed by atoms with van der Waals surface area (Å²) in [6, 6.07) is 11.2. The van der Waals surface area contributed by atoms with Crippen LogP contribution in [0.4, 0.5) is 13.2 Å². The number of halogens is 3. The van der Waals surface area contributed by atoms with E-state index < -0.39 is 16.2 Å². The van der Waals surface area contributed by atoms with Crippen LogP contribution in [0.2, 0.25) is 0 Å². The van der Waals surface area contributed by atoms with Crippen LogP contribution in [0.5, 0.6) is 17.2 Å². The van der Waals surface area contributed by atoms with Crippen LogP contribution in [0.25, 0.3) is 0 Å². The lowest BCUT2D eigenvalue weighted by molar-refractivity contribution is -0.274. The molecule has 0 spiro atoms. The maximum Gasteiger partial charge on any atom is 0.573 e. The molecule has 31 heavy (non-hydrogen) atoms. The molecule has 9 heteroatoms. The Labute approximate surface area is 179 Å². The predicted octanol–water partition coefficient (Wildman–Crippen LogP) is 4.93. The summed E-state index contributed by atoms with van der Waals surface area (Å²) in [5.74, 6) is 1.40. The molecule has 3 unspecified atom stereocenters. The van der Waals surface area contributed by atoms with E-state index in [1.807, 2.05) is 0 Å². The van der Waals surface area contributed by atoms with Crippen molar-refractivity contribution in [3.8, 4) is 17.2 Å². The zero-order valence-corrected chi connectivity index (χ0v) is 17.6. The number of hydrogen-bond acceptors (Lipinski definition) is 5. The van der Waals surface area contributed by atoms with Gasteiger partial charge in [-0.15, -0.1) is 13.2 Å². The number of benzene rings is 2. The molecule has 1 saturated carbocycles. The third-order valence-corrected chi connectivity index (χ3v) is 8.31. The van der Waals surface area contributed by atoms with Gasteiger partial charge in [-0.2, -0.15) is 0 Å². The summed E-state index contributed by atoms with van der Waals surface area (Å²) in [7, 11) is -3.42. The van der Waals surface area contributed by atoms with Gasteiger partial charge >= 0.3 is 6.36 Å². The van der Waals surface area contributed by atoms with E-state index in [1.165, 1.54) is 24.3 Å². The minimum absolute atomic E-state index is 0.270. The highest BCUT2D eigenvalue weighted by molar-refractivity contribution is 7.92.